The van der Waals surface area contributed by atoms with Gasteiger partial charge in [-0.1, -0.05) is 11.6 Å². The van der Waals surface area contributed by atoms with E-state index in [2.05, 4.69) is 20.5 Å². The predicted molar refractivity (Wildman–Crippen MR) is 127 cm³/mol. The maximum atomic E-state index is 13.2. The van der Waals surface area contributed by atoms with Crippen LogP contribution in [0.4, 0.5) is 20.9 Å². The number of carbonyl (C=O) groups is 2. The van der Waals surface area contributed by atoms with Gasteiger partial charge >= 0.3 is 0 Å². The minimum atomic E-state index is -0.517. The molecular weight excluding hydrogens is 451 g/mol. The number of benzene rings is 1. The number of carbonyl (C=O) groups excluding carboxylic acids is 2. The average molecular weight is 473 g/mol. The Morgan fingerprint density at radius 3 is 2.62 bits per heavy atom. The molecule has 0 unspecified atom stereocenters. The van der Waals surface area contributed by atoms with Gasteiger partial charge in [-0.25, -0.2) is 9.37 Å². The predicted octanol–water partition coefficient (Wildman–Crippen LogP) is 5.74. The van der Waals surface area contributed by atoms with E-state index in [4.69, 9.17) is 11.6 Å². The molecule has 1 saturated heterocycles. The number of anilines is 3. The second kappa shape index (κ2) is 9.67. The van der Waals surface area contributed by atoms with Crippen LogP contribution in [0.3, 0.4) is 0 Å². The van der Waals surface area contributed by atoms with Gasteiger partial charge in [0.15, 0.2) is 5.82 Å². The Morgan fingerprint density at radius 2 is 1.88 bits per heavy atom. The van der Waals surface area contributed by atoms with Crippen LogP contribution in [-0.2, 0) is 0 Å². The standard InChI is InChI=1S/C23H22ClFN4O2S/c1-14-12-19(28-22(30)16-8-7-15(25)13-17(16)24)32-20(14)23(31)27-18-6-5-9-26-21(18)29-10-3-2-4-11-29/h5-9,12-13H,2-4,10-11H2,1H3,(H,27,31)(H,28,30). The first kappa shape index (κ1) is 22.2. The van der Waals surface area contributed by atoms with Crippen molar-refractivity contribution in [2.24, 2.45) is 0 Å². The van der Waals surface area contributed by atoms with Crippen molar-refractivity contribution in [2.75, 3.05) is 28.6 Å². The van der Waals surface area contributed by atoms with Crippen LogP contribution in [0, 0.1) is 12.7 Å². The molecule has 6 nitrogen and oxygen atoms in total. The van der Waals surface area contributed by atoms with Crippen molar-refractivity contribution in [3.05, 3.63) is 69.4 Å². The first-order valence-electron chi connectivity index (χ1n) is 10.3. The fourth-order valence-electron chi connectivity index (χ4n) is 3.65. The number of halogens is 2. The van der Waals surface area contributed by atoms with Gasteiger partial charge in [-0.05, 0) is 68.1 Å². The smallest absolute Gasteiger partial charge is 0.266 e. The van der Waals surface area contributed by atoms with Gasteiger partial charge in [-0.15, -0.1) is 11.3 Å². The summed E-state index contributed by atoms with van der Waals surface area (Å²) >= 11 is 7.14. The lowest BCUT2D eigenvalue weighted by Crippen LogP contribution is -2.31. The lowest BCUT2D eigenvalue weighted by molar-refractivity contribution is 0.102. The molecule has 2 aromatic heterocycles. The van der Waals surface area contributed by atoms with E-state index in [0.29, 0.717) is 15.6 Å². The van der Waals surface area contributed by atoms with Gasteiger partial charge in [0.25, 0.3) is 11.8 Å². The molecule has 0 atom stereocenters. The van der Waals surface area contributed by atoms with Crippen molar-refractivity contribution in [3.8, 4) is 0 Å². The Labute approximate surface area is 194 Å². The second-order valence-electron chi connectivity index (χ2n) is 7.58. The monoisotopic (exact) mass is 472 g/mol. The van der Waals surface area contributed by atoms with E-state index in [0.717, 1.165) is 43.4 Å². The molecule has 1 aromatic carbocycles. The summed E-state index contributed by atoms with van der Waals surface area (Å²) < 4.78 is 13.2. The summed E-state index contributed by atoms with van der Waals surface area (Å²) in [6, 6.07) is 8.95. The zero-order valence-electron chi connectivity index (χ0n) is 17.5. The van der Waals surface area contributed by atoms with E-state index >= 15 is 0 Å². The molecule has 9 heteroatoms. The number of nitrogens with zero attached hydrogens (tertiary/aromatic N) is 2. The quantitative estimate of drug-likeness (QED) is 0.496. The molecule has 0 saturated carbocycles. The van der Waals surface area contributed by atoms with E-state index < -0.39 is 11.7 Å². The molecule has 1 aliphatic rings. The summed E-state index contributed by atoms with van der Waals surface area (Å²) in [5.74, 6) is -0.479. The number of thiophene rings is 1. The Balaban J connectivity index is 1.50. The average Bonchev–Trinajstić information content (AvgIpc) is 3.14. The van der Waals surface area contributed by atoms with Crippen molar-refractivity contribution in [3.63, 3.8) is 0 Å². The summed E-state index contributed by atoms with van der Waals surface area (Å²) in [6.45, 7) is 3.64. The number of hydrogen-bond donors (Lipinski definition) is 2. The fraction of sp³-hybridized carbons (Fsp3) is 0.261. The van der Waals surface area contributed by atoms with Gasteiger partial charge in [-0.3, -0.25) is 9.59 Å². The third-order valence-electron chi connectivity index (χ3n) is 5.23. The van der Waals surface area contributed by atoms with Crippen LogP contribution in [-0.4, -0.2) is 29.9 Å². The number of rotatable bonds is 5. The van der Waals surface area contributed by atoms with Gasteiger partial charge in [0.1, 0.15) is 5.82 Å². The lowest BCUT2D eigenvalue weighted by atomic mass is 10.1. The highest BCUT2D eigenvalue weighted by Gasteiger charge is 2.20. The highest BCUT2D eigenvalue weighted by atomic mass is 35.5. The Kier molecular flexibility index (Phi) is 6.72. The number of amides is 2. The number of nitrogens with one attached hydrogen (secondary N) is 2. The van der Waals surface area contributed by atoms with Gasteiger partial charge in [0, 0.05) is 19.3 Å². The van der Waals surface area contributed by atoms with Crippen molar-refractivity contribution in [1.29, 1.82) is 0 Å². The van der Waals surface area contributed by atoms with E-state index in [-0.39, 0.29) is 16.5 Å². The van der Waals surface area contributed by atoms with Gasteiger partial charge < -0.3 is 15.5 Å². The summed E-state index contributed by atoms with van der Waals surface area (Å²) in [6.07, 6.45) is 5.14. The zero-order valence-corrected chi connectivity index (χ0v) is 19.0. The largest absolute Gasteiger partial charge is 0.355 e. The van der Waals surface area contributed by atoms with Gasteiger partial charge in [0.2, 0.25) is 0 Å². The normalized spacial score (nSPS) is 13.7. The SMILES string of the molecule is Cc1cc(NC(=O)c2ccc(F)cc2Cl)sc1C(=O)Nc1cccnc1N1CCCCC1. The Morgan fingerprint density at radius 1 is 1.09 bits per heavy atom. The molecule has 2 amide bonds. The summed E-state index contributed by atoms with van der Waals surface area (Å²) in [5, 5.41) is 6.23. The van der Waals surface area contributed by atoms with Crippen LogP contribution < -0.4 is 15.5 Å². The van der Waals surface area contributed by atoms with Crippen molar-refractivity contribution < 1.29 is 14.0 Å². The number of hydrogen-bond acceptors (Lipinski definition) is 5. The number of aryl methyl sites for hydroxylation is 1. The van der Waals surface area contributed by atoms with E-state index in [9.17, 15) is 14.0 Å². The zero-order chi connectivity index (χ0) is 22.7. The maximum absolute atomic E-state index is 13.2. The van der Waals surface area contributed by atoms with Crippen molar-refractivity contribution >= 4 is 51.3 Å². The number of pyridine rings is 1. The van der Waals surface area contributed by atoms with Crippen LogP contribution >= 0.6 is 22.9 Å². The summed E-state index contributed by atoms with van der Waals surface area (Å²) in [7, 11) is 0. The van der Waals surface area contributed by atoms with Crippen LogP contribution in [0.5, 0.6) is 0 Å². The third-order valence-corrected chi connectivity index (χ3v) is 6.69. The third kappa shape index (κ3) is 4.92. The number of aromatic nitrogens is 1. The first-order valence-corrected chi connectivity index (χ1v) is 11.5. The molecule has 1 fully saturated rings. The minimum Gasteiger partial charge on any atom is -0.355 e. The molecule has 0 bridgehead atoms. The van der Waals surface area contributed by atoms with Gasteiger partial charge in [0.05, 0.1) is 26.2 Å². The van der Waals surface area contributed by atoms with Crippen LogP contribution in [0.15, 0.2) is 42.6 Å². The van der Waals surface area contributed by atoms with Crippen LogP contribution in [0.1, 0.15) is 44.9 Å². The number of piperidine rings is 1. The minimum absolute atomic E-state index is 0.0237. The van der Waals surface area contributed by atoms with Crippen molar-refractivity contribution in [1.82, 2.24) is 4.98 Å². The molecule has 2 N–H and O–H groups in total. The lowest BCUT2D eigenvalue weighted by Gasteiger charge is -2.29. The molecule has 0 aliphatic carbocycles. The first-order chi connectivity index (χ1) is 15.4. The van der Waals surface area contributed by atoms with Crippen LogP contribution in [0.25, 0.3) is 0 Å². The van der Waals surface area contributed by atoms with Crippen LogP contribution in [0.2, 0.25) is 5.02 Å². The maximum Gasteiger partial charge on any atom is 0.266 e. The molecule has 4 rings (SSSR count). The van der Waals surface area contributed by atoms with Crippen molar-refractivity contribution in [2.45, 2.75) is 26.2 Å². The molecule has 1 aliphatic heterocycles. The van der Waals surface area contributed by atoms with E-state index in [1.54, 1.807) is 25.3 Å². The molecule has 0 spiro atoms. The molecule has 0 radical (unpaired) electrons. The summed E-state index contributed by atoms with van der Waals surface area (Å²) in [5.41, 5.74) is 1.55. The molecule has 3 aromatic rings. The van der Waals surface area contributed by atoms with E-state index in [1.807, 2.05) is 6.07 Å². The molecule has 3 heterocycles. The topological polar surface area (TPSA) is 74.3 Å². The fourth-order valence-corrected chi connectivity index (χ4v) is 4.87. The molecule has 32 heavy (non-hydrogen) atoms. The van der Waals surface area contributed by atoms with Gasteiger partial charge in [-0.2, -0.15) is 0 Å². The highest BCUT2D eigenvalue weighted by molar-refractivity contribution is 7.18. The molecule has 166 valence electrons. The Bertz CT molecular complexity index is 1160. The van der Waals surface area contributed by atoms with E-state index in [1.165, 1.54) is 29.9 Å². The highest BCUT2D eigenvalue weighted by Crippen LogP contribution is 2.31. The summed E-state index contributed by atoms with van der Waals surface area (Å²) in [4.78, 5) is 32.7. The Hall–Kier alpha value is -2.97. The molecular formula is C23H22ClFN4O2S. The second-order valence-corrected chi connectivity index (χ2v) is 9.04.